The normalized spacial score (nSPS) is 17.2. The third-order valence-corrected chi connectivity index (χ3v) is 14.6. The molecule has 11 rings (SSSR count). The monoisotopic (exact) mass is 730 g/mol. The van der Waals surface area contributed by atoms with E-state index in [1.807, 2.05) is 72.8 Å². The lowest BCUT2D eigenvalue weighted by molar-refractivity contribution is 0.0267. The zero-order chi connectivity index (χ0) is 34.9. The summed E-state index contributed by atoms with van der Waals surface area (Å²) >= 11 is 4.81. The van der Waals surface area contributed by atoms with Crippen molar-refractivity contribution in [3.63, 3.8) is 0 Å². The minimum Gasteiger partial charge on any atom is -0.479 e. The molecule has 0 N–H and O–H groups in total. The molecule has 4 aromatic carbocycles. The summed E-state index contributed by atoms with van der Waals surface area (Å²) in [5.74, 6) is -0.0636. The van der Waals surface area contributed by atoms with Gasteiger partial charge in [-0.25, -0.2) is 0 Å². The summed E-state index contributed by atoms with van der Waals surface area (Å²) in [4.78, 5) is 58.2. The van der Waals surface area contributed by atoms with Gasteiger partial charge in [0.15, 0.2) is 28.9 Å². The number of hydrogen-bond donors (Lipinski definition) is 0. The van der Waals surface area contributed by atoms with Crippen LogP contribution in [-0.2, 0) is 5.60 Å². The fourth-order valence-corrected chi connectivity index (χ4v) is 12.3. The molecule has 52 heavy (non-hydrogen) atoms. The Bertz CT molecular complexity index is 2770. The molecule has 0 saturated heterocycles. The highest BCUT2D eigenvalue weighted by Crippen LogP contribution is 2.60. The molecule has 3 aliphatic carbocycles. The molecule has 1 aliphatic heterocycles. The lowest BCUT2D eigenvalue weighted by atomic mass is 9.78. The summed E-state index contributed by atoms with van der Waals surface area (Å²) in [7, 11) is 0. The van der Waals surface area contributed by atoms with Gasteiger partial charge >= 0.3 is 0 Å². The molecule has 7 aromatic rings. The maximum atomic E-state index is 13.6. The zero-order valence-electron chi connectivity index (χ0n) is 27.5. The summed E-state index contributed by atoms with van der Waals surface area (Å²) < 4.78 is 9.15. The first-order valence-corrected chi connectivity index (χ1v) is 19.9. The molecule has 1 spiro atoms. The Morgan fingerprint density at radius 1 is 0.538 bits per heavy atom. The number of thiophene rings is 3. The van der Waals surface area contributed by atoms with Crippen molar-refractivity contribution < 1.29 is 23.9 Å². The average Bonchev–Trinajstić information content (AvgIpc) is 3.95. The maximum Gasteiger partial charge on any atom is 0.197 e. The van der Waals surface area contributed by atoms with Gasteiger partial charge in [0, 0.05) is 37.6 Å². The predicted molar refractivity (Wildman–Crippen MR) is 210 cm³/mol. The molecule has 4 aliphatic rings. The van der Waals surface area contributed by atoms with Crippen molar-refractivity contribution >= 4 is 100 Å². The van der Waals surface area contributed by atoms with Crippen molar-refractivity contribution in [3.8, 4) is 15.5 Å². The van der Waals surface area contributed by atoms with Gasteiger partial charge in [-0.2, -0.15) is 0 Å². The van der Waals surface area contributed by atoms with Crippen LogP contribution in [0.4, 0.5) is 0 Å². The first kappa shape index (κ1) is 30.4. The second kappa shape index (κ2) is 10.9. The van der Waals surface area contributed by atoms with E-state index in [0.29, 0.717) is 22.3 Å². The van der Waals surface area contributed by atoms with Crippen LogP contribution >= 0.6 is 34.0 Å². The predicted octanol–water partition coefficient (Wildman–Crippen LogP) is 11.5. The number of allylic oxidation sites excluding steroid dienone is 2. The molecule has 0 bridgehead atoms. The fourth-order valence-electron chi connectivity index (χ4n) is 8.50. The van der Waals surface area contributed by atoms with Gasteiger partial charge in [0.25, 0.3) is 0 Å². The lowest BCUT2D eigenvalue weighted by Crippen LogP contribution is -2.37. The molecule has 0 radical (unpaired) electrons. The third kappa shape index (κ3) is 4.26. The Morgan fingerprint density at radius 2 is 1.02 bits per heavy atom. The molecule has 5 nitrogen and oxygen atoms in total. The van der Waals surface area contributed by atoms with Gasteiger partial charge in [-0.15, -0.1) is 34.0 Å². The van der Waals surface area contributed by atoms with E-state index in [1.54, 1.807) is 46.2 Å². The molecule has 0 unspecified atom stereocenters. The number of ketones is 4. The Morgan fingerprint density at radius 3 is 1.52 bits per heavy atom. The van der Waals surface area contributed by atoms with E-state index in [1.165, 1.54) is 0 Å². The second-order valence-electron chi connectivity index (χ2n) is 14.1. The molecule has 1 saturated carbocycles. The third-order valence-electron chi connectivity index (χ3n) is 11.1. The maximum absolute atomic E-state index is 13.6. The minimum absolute atomic E-state index is 0.197. The minimum atomic E-state index is -0.490. The van der Waals surface area contributed by atoms with E-state index in [-0.39, 0.29) is 34.3 Å². The van der Waals surface area contributed by atoms with Crippen molar-refractivity contribution in [2.75, 3.05) is 0 Å². The van der Waals surface area contributed by atoms with Crippen LogP contribution in [0.1, 0.15) is 88.9 Å². The van der Waals surface area contributed by atoms with Crippen molar-refractivity contribution in [2.45, 2.75) is 37.7 Å². The largest absolute Gasteiger partial charge is 0.479 e. The van der Waals surface area contributed by atoms with E-state index in [2.05, 4.69) is 12.1 Å². The first-order valence-electron chi connectivity index (χ1n) is 17.4. The lowest BCUT2D eigenvalue weighted by Gasteiger charge is -2.40. The van der Waals surface area contributed by atoms with Crippen LogP contribution in [0.5, 0.6) is 5.75 Å². The number of hydrogen-bond acceptors (Lipinski definition) is 8. The average molecular weight is 731 g/mol. The Hall–Kier alpha value is -5.28. The topological polar surface area (TPSA) is 77.5 Å². The highest BCUT2D eigenvalue weighted by Gasteiger charge is 2.45. The van der Waals surface area contributed by atoms with Crippen LogP contribution in [0.2, 0.25) is 0 Å². The van der Waals surface area contributed by atoms with Crippen LogP contribution in [0.25, 0.3) is 52.9 Å². The van der Waals surface area contributed by atoms with Gasteiger partial charge in [0.1, 0.15) is 5.60 Å². The molecule has 1 fully saturated rings. The van der Waals surface area contributed by atoms with E-state index < -0.39 is 5.60 Å². The standard InChI is InChI=1S/C44H26O5S3/c45-36-28-14-22-8-2-3-9-23(22)15-29(28)37(46)32(36)18-26-20-34-41(50-26)43-40(49-44(34)12-6-1-7-13-44)42-35(52-43)21-27(51-42)19-33-38(47)30-16-24-10-4-5-11-25(24)17-31(30)39(33)48/h2-5,8-11,14-21H,1,6-7,12-13H2. The summed E-state index contributed by atoms with van der Waals surface area (Å²) in [6, 6.07) is 27.1. The van der Waals surface area contributed by atoms with Crippen LogP contribution < -0.4 is 4.74 Å². The summed E-state index contributed by atoms with van der Waals surface area (Å²) in [5, 5.41) is 3.76. The number of fused-ring (bicyclic) bond motifs is 10. The number of Topliss-reactive ketones (excluding diaryl/α,β-unsaturated/α-hetero) is 4. The van der Waals surface area contributed by atoms with Gasteiger partial charge in [-0.05, 0) is 95.8 Å². The fraction of sp³-hybridized carbons (Fsp3) is 0.136. The molecule has 250 valence electrons. The molecular formula is C44H26O5S3. The van der Waals surface area contributed by atoms with Crippen LogP contribution in [0.3, 0.4) is 0 Å². The first-order chi connectivity index (χ1) is 25.3. The summed E-state index contributed by atoms with van der Waals surface area (Å²) in [5.41, 5.74) is 2.91. The van der Waals surface area contributed by atoms with Gasteiger partial charge in [-0.1, -0.05) is 55.0 Å². The smallest absolute Gasteiger partial charge is 0.197 e. The Labute approximate surface area is 309 Å². The van der Waals surface area contributed by atoms with Gasteiger partial charge < -0.3 is 4.74 Å². The number of carbonyl (C=O) groups is 4. The van der Waals surface area contributed by atoms with Crippen LogP contribution in [-0.4, -0.2) is 23.1 Å². The number of ether oxygens (including phenoxy) is 1. The number of rotatable bonds is 2. The van der Waals surface area contributed by atoms with E-state index >= 15 is 0 Å². The SMILES string of the molecule is O=C1C(=Cc2cc3c(s2)-c2sc4cc(C=C5C(=O)c6cc7ccccc7cc6C5=O)sc4c2OC32CCCCC2)C(=O)c2cc3ccccc3cc21. The number of benzene rings is 4. The molecule has 4 heterocycles. The quantitative estimate of drug-likeness (QED) is 0.131. The molecule has 8 heteroatoms. The number of carbonyl (C=O) groups excluding carboxylic acids is 4. The highest BCUT2D eigenvalue weighted by atomic mass is 32.1. The molecule has 0 atom stereocenters. The van der Waals surface area contributed by atoms with Gasteiger partial charge in [0.05, 0.1) is 30.3 Å². The second-order valence-corrected chi connectivity index (χ2v) is 17.3. The zero-order valence-corrected chi connectivity index (χ0v) is 30.0. The van der Waals surface area contributed by atoms with Crippen molar-refractivity contribution in [1.29, 1.82) is 0 Å². The summed E-state index contributed by atoms with van der Waals surface area (Å²) in [6.07, 6.45) is 8.56. The molecule has 0 amide bonds. The van der Waals surface area contributed by atoms with Crippen molar-refractivity contribution in [1.82, 2.24) is 0 Å². The Kier molecular flexibility index (Phi) is 6.34. The van der Waals surface area contributed by atoms with E-state index in [4.69, 9.17) is 4.74 Å². The highest BCUT2D eigenvalue weighted by molar-refractivity contribution is 7.32. The van der Waals surface area contributed by atoms with E-state index in [9.17, 15) is 19.2 Å². The van der Waals surface area contributed by atoms with Gasteiger partial charge in [-0.3, -0.25) is 19.2 Å². The van der Waals surface area contributed by atoms with Crippen LogP contribution in [0, 0.1) is 0 Å². The van der Waals surface area contributed by atoms with Crippen molar-refractivity contribution in [2.24, 2.45) is 0 Å². The molecule has 3 aromatic heterocycles. The van der Waals surface area contributed by atoms with Crippen LogP contribution in [0.15, 0.2) is 96.1 Å². The van der Waals surface area contributed by atoms with Gasteiger partial charge in [0.2, 0.25) is 0 Å². The molecular weight excluding hydrogens is 705 g/mol. The van der Waals surface area contributed by atoms with E-state index in [0.717, 1.165) is 93.9 Å². The van der Waals surface area contributed by atoms with Crippen molar-refractivity contribution in [3.05, 3.63) is 134 Å². The summed E-state index contributed by atoms with van der Waals surface area (Å²) in [6.45, 7) is 0. The Balaban J connectivity index is 0.988.